The summed E-state index contributed by atoms with van der Waals surface area (Å²) in [5.74, 6) is 0. The Labute approximate surface area is 554 Å². The number of halogens is 9. The van der Waals surface area contributed by atoms with Gasteiger partial charge in [-0.25, -0.2) is 9.69 Å². The smallest absolute Gasteiger partial charge is 0.309 e. The third kappa shape index (κ3) is 9.79. The lowest BCUT2D eigenvalue weighted by molar-refractivity contribution is -0.138. The van der Waals surface area contributed by atoms with Crippen molar-refractivity contribution in [2.45, 2.75) is 46.2 Å². The Morgan fingerprint density at radius 2 is 0.643 bits per heavy atom. The van der Waals surface area contributed by atoms with Gasteiger partial charge >= 0.3 is 18.5 Å². The minimum atomic E-state index is -5.07. The molecular formula is C82H50F9N7. The molecule has 0 aliphatic rings. The summed E-state index contributed by atoms with van der Waals surface area (Å²) < 4.78 is 144. The molecule has 0 aliphatic heterocycles. The van der Waals surface area contributed by atoms with Gasteiger partial charge in [-0.1, -0.05) is 168 Å². The van der Waals surface area contributed by atoms with Gasteiger partial charge in [0.15, 0.2) is 11.4 Å². The molecule has 7 nitrogen and oxygen atoms in total. The number of alkyl halides is 9. The van der Waals surface area contributed by atoms with Crippen LogP contribution in [0.15, 0.2) is 231 Å². The van der Waals surface area contributed by atoms with Gasteiger partial charge in [0.2, 0.25) is 0 Å². The molecule has 0 radical (unpaired) electrons. The molecule has 16 aromatic rings. The van der Waals surface area contributed by atoms with E-state index in [0.29, 0.717) is 38.5 Å². The van der Waals surface area contributed by atoms with Crippen LogP contribution in [0.25, 0.3) is 142 Å². The number of para-hydroxylation sites is 4. The lowest BCUT2D eigenvalue weighted by Crippen LogP contribution is -2.17. The molecule has 98 heavy (non-hydrogen) atoms. The average molecular weight is 1300 g/mol. The summed E-state index contributed by atoms with van der Waals surface area (Å²) >= 11 is 0. The van der Waals surface area contributed by atoms with Crippen LogP contribution in [0.5, 0.6) is 0 Å². The fourth-order valence-corrected chi connectivity index (χ4v) is 14.4. The monoisotopic (exact) mass is 1300 g/mol. The Hall–Kier alpha value is -12.3. The molecule has 0 unspecified atom stereocenters. The van der Waals surface area contributed by atoms with Crippen LogP contribution in [-0.4, -0.2) is 18.3 Å². The van der Waals surface area contributed by atoms with Crippen LogP contribution in [0.1, 0.15) is 44.5 Å². The molecule has 0 saturated carbocycles. The van der Waals surface area contributed by atoms with Crippen molar-refractivity contribution in [3.63, 3.8) is 0 Å². The van der Waals surface area contributed by atoms with Gasteiger partial charge in [-0.15, -0.1) is 0 Å². The van der Waals surface area contributed by atoms with Crippen LogP contribution in [0, 0.1) is 52.2 Å². The second kappa shape index (κ2) is 23.0. The molecule has 12 aromatic carbocycles. The average Bonchev–Trinajstić information content (AvgIpc) is 1.47. The van der Waals surface area contributed by atoms with E-state index in [1.54, 1.807) is 66.7 Å². The van der Waals surface area contributed by atoms with Crippen LogP contribution in [0.3, 0.4) is 0 Å². The summed E-state index contributed by atoms with van der Waals surface area (Å²) in [6, 6.07) is 67.6. The first-order valence-corrected chi connectivity index (χ1v) is 31.1. The fraction of sp³-hybridized carbons (Fsp3) is 0.0854. The van der Waals surface area contributed by atoms with Crippen molar-refractivity contribution in [2.24, 2.45) is 0 Å². The number of benzene rings is 12. The molecule has 4 heterocycles. The molecular weight excluding hydrogens is 1250 g/mol. The SMILES string of the molecule is [C-]#[N+]c1cccc(C(F)(F)F)c1-c1ccc(-n2c3ccccc3c3cc(C)ccc32)c(C#N)c1-n1c2ccccc2c2cc(C)ccc21.[C-]#[N+]c1cccc(C(F)(F)F)c1-c1ccc(-n2c3ccccc3c3cc(C)ccc32)c(C(F)(F)F)c1-n1c2ccccc2c2cc(C)ccc21. The second-order valence-electron chi connectivity index (χ2n) is 24.4. The number of fused-ring (bicyclic) bond motifs is 12. The lowest BCUT2D eigenvalue weighted by atomic mass is 9.92. The van der Waals surface area contributed by atoms with E-state index in [2.05, 4.69) is 21.8 Å². The van der Waals surface area contributed by atoms with E-state index in [1.165, 1.54) is 39.5 Å². The number of nitrogens with zero attached hydrogens (tertiary/aromatic N) is 7. The van der Waals surface area contributed by atoms with E-state index < -0.39 is 52.2 Å². The van der Waals surface area contributed by atoms with Gasteiger partial charge in [0.25, 0.3) is 0 Å². The van der Waals surface area contributed by atoms with Crippen molar-refractivity contribution in [1.29, 1.82) is 5.26 Å². The van der Waals surface area contributed by atoms with Crippen molar-refractivity contribution in [3.05, 3.63) is 298 Å². The summed E-state index contributed by atoms with van der Waals surface area (Å²) in [6.07, 6.45) is -14.8. The Morgan fingerprint density at radius 1 is 0.327 bits per heavy atom. The number of hydrogen-bond donors (Lipinski definition) is 0. The highest BCUT2D eigenvalue weighted by Crippen LogP contribution is 2.53. The first-order chi connectivity index (χ1) is 47.1. The Kier molecular flexibility index (Phi) is 14.5. The van der Waals surface area contributed by atoms with Gasteiger partial charge in [-0.2, -0.15) is 44.8 Å². The van der Waals surface area contributed by atoms with E-state index in [0.717, 1.165) is 94.8 Å². The highest BCUT2D eigenvalue weighted by atomic mass is 19.4. The zero-order valence-corrected chi connectivity index (χ0v) is 52.5. The summed E-state index contributed by atoms with van der Waals surface area (Å²) in [4.78, 5) is 6.94. The number of aromatic nitrogens is 4. The predicted octanol–water partition coefficient (Wildman–Crippen LogP) is 24.4. The van der Waals surface area contributed by atoms with Crippen LogP contribution < -0.4 is 0 Å². The highest BCUT2D eigenvalue weighted by molar-refractivity contribution is 6.14. The molecule has 476 valence electrons. The molecule has 0 bridgehead atoms. The predicted molar refractivity (Wildman–Crippen MR) is 372 cm³/mol. The maximum Gasteiger partial charge on any atom is 0.420 e. The molecule has 0 atom stereocenters. The van der Waals surface area contributed by atoms with Crippen molar-refractivity contribution < 1.29 is 39.5 Å². The summed E-state index contributed by atoms with van der Waals surface area (Å²) in [6.45, 7) is 23.5. The first-order valence-electron chi connectivity index (χ1n) is 31.1. The molecule has 0 amide bonds. The largest absolute Gasteiger partial charge is 0.420 e. The number of rotatable bonds is 6. The summed E-state index contributed by atoms with van der Waals surface area (Å²) in [5, 5.41) is 17.7. The van der Waals surface area contributed by atoms with E-state index in [1.807, 2.05) is 146 Å². The van der Waals surface area contributed by atoms with Crippen molar-refractivity contribution in [1.82, 2.24) is 18.3 Å². The van der Waals surface area contributed by atoms with Crippen LogP contribution in [-0.2, 0) is 18.5 Å². The Bertz CT molecular complexity index is 6190. The third-order valence-electron chi connectivity index (χ3n) is 18.4. The summed E-state index contributed by atoms with van der Waals surface area (Å²) in [5.41, 5.74) is 4.22. The van der Waals surface area contributed by atoms with Gasteiger partial charge in [0.05, 0.1) is 91.2 Å². The quantitative estimate of drug-likeness (QED) is 0.121. The van der Waals surface area contributed by atoms with Crippen LogP contribution in [0.2, 0.25) is 0 Å². The molecule has 16 heteroatoms. The third-order valence-corrected chi connectivity index (χ3v) is 18.4. The van der Waals surface area contributed by atoms with Gasteiger partial charge in [0.1, 0.15) is 17.2 Å². The Morgan fingerprint density at radius 3 is 1.00 bits per heavy atom. The van der Waals surface area contributed by atoms with E-state index >= 15 is 13.2 Å². The standard InChI is InChI=1S/C41H25F6N3.C41H25F3N4/c1-23-15-18-34-28(21-23)25-9-4-6-13-32(25)49(34)36-20-17-27(37-30(40(42,43)44)11-8-12-31(37)48-3)39(38(36)41(45,46)47)50-33-14-7-5-10-26(33)29-22-24(2)16-19-35(29)50;1-24-15-18-36-29(21-24)26-9-4-6-13-34(26)47(36)38-20-17-28(39-32(41(42,43)44)11-8-12-33(39)46-3)40(31(38)23-45)48-35-14-7-5-10-27(35)30-22-25(2)16-19-37(30)48/h4-22H,1-2H3;4-22H,1-2H3. The van der Waals surface area contributed by atoms with Crippen LogP contribution in [0.4, 0.5) is 50.9 Å². The maximum absolute atomic E-state index is 16.1. The van der Waals surface area contributed by atoms with Gasteiger partial charge in [-0.05, 0) is 124 Å². The molecule has 0 saturated heterocycles. The van der Waals surface area contributed by atoms with Crippen LogP contribution >= 0.6 is 0 Å². The van der Waals surface area contributed by atoms with E-state index in [9.17, 15) is 31.6 Å². The molecule has 16 rings (SSSR count). The van der Waals surface area contributed by atoms with Crippen molar-refractivity contribution in [2.75, 3.05) is 0 Å². The zero-order chi connectivity index (χ0) is 68.4. The molecule has 0 fully saturated rings. The molecule has 0 aliphatic carbocycles. The first kappa shape index (κ1) is 61.8. The van der Waals surface area contributed by atoms with Crippen molar-refractivity contribution >= 4 is 98.6 Å². The normalized spacial score (nSPS) is 12.1. The fourth-order valence-electron chi connectivity index (χ4n) is 14.4. The number of nitriles is 1. The molecule has 0 N–H and O–H groups in total. The lowest BCUT2D eigenvalue weighted by Gasteiger charge is -2.26. The second-order valence-corrected chi connectivity index (χ2v) is 24.4. The zero-order valence-electron chi connectivity index (χ0n) is 52.5. The molecule has 0 spiro atoms. The molecule has 4 aromatic heterocycles. The minimum absolute atomic E-state index is 0.147. The van der Waals surface area contributed by atoms with Gasteiger partial charge in [-0.3, -0.25) is 0 Å². The van der Waals surface area contributed by atoms with Crippen molar-refractivity contribution in [3.8, 4) is 51.1 Å². The summed E-state index contributed by atoms with van der Waals surface area (Å²) in [7, 11) is 0. The highest BCUT2D eigenvalue weighted by Gasteiger charge is 2.43. The number of hydrogen-bond acceptors (Lipinski definition) is 1. The van der Waals surface area contributed by atoms with Gasteiger partial charge < -0.3 is 18.3 Å². The Balaban J connectivity index is 0.000000160. The minimum Gasteiger partial charge on any atom is -0.309 e. The number of aryl methyl sites for hydroxylation is 4. The van der Waals surface area contributed by atoms with E-state index in [-0.39, 0.29) is 39.3 Å². The topological polar surface area (TPSA) is 52.2 Å². The maximum atomic E-state index is 16.1. The van der Waals surface area contributed by atoms with E-state index in [4.69, 9.17) is 13.1 Å². The van der Waals surface area contributed by atoms with Gasteiger partial charge in [0, 0.05) is 54.2 Å².